The molecule has 6 rings (SSSR count). The van der Waals surface area contributed by atoms with Gasteiger partial charge in [0.25, 0.3) is 0 Å². The van der Waals surface area contributed by atoms with E-state index in [2.05, 4.69) is 50.8 Å². The molecule has 0 spiro atoms. The number of nitrogens with zero attached hydrogens (tertiary/aromatic N) is 6. The Kier molecular flexibility index (Phi) is 8.05. The number of pyridine rings is 2. The number of likely N-dealkylation sites (tertiary alicyclic amines) is 1. The van der Waals surface area contributed by atoms with Crippen molar-refractivity contribution < 1.29 is 9.53 Å². The molecule has 3 aromatic heterocycles. The minimum absolute atomic E-state index is 0.185. The van der Waals surface area contributed by atoms with Crippen LogP contribution in [-0.4, -0.2) is 67.2 Å². The standard InChI is InChI=1S/C35H39N7O2/c1-35(2,3)44-34(43)40(4)26-18-21-41(22-19-26)23-24-12-14-27(15-13-24)42-32(28-11-8-20-37-31(28)36)39-30-17-16-29(38-33(30)42)25-9-6-5-7-10-25/h5-17,20,26H,18-19,21-23H2,1-4H3,(H2,36,37). The molecule has 9 heteroatoms. The number of fused-ring (bicyclic) bond motifs is 1. The second-order valence-corrected chi connectivity index (χ2v) is 12.4. The highest BCUT2D eigenvalue weighted by atomic mass is 16.6. The van der Waals surface area contributed by atoms with E-state index in [0.29, 0.717) is 11.6 Å². The van der Waals surface area contributed by atoms with E-state index in [4.69, 9.17) is 20.4 Å². The van der Waals surface area contributed by atoms with Crippen LogP contribution in [0.1, 0.15) is 39.2 Å². The van der Waals surface area contributed by atoms with Crippen LogP contribution in [0.25, 0.3) is 39.5 Å². The quantitative estimate of drug-likeness (QED) is 0.239. The Balaban J connectivity index is 1.24. The van der Waals surface area contributed by atoms with Crippen LogP contribution in [0.15, 0.2) is 85.1 Å². The third-order valence-electron chi connectivity index (χ3n) is 8.04. The van der Waals surface area contributed by atoms with Crippen molar-refractivity contribution in [3.8, 4) is 28.3 Å². The van der Waals surface area contributed by atoms with Crippen LogP contribution in [-0.2, 0) is 11.3 Å². The van der Waals surface area contributed by atoms with Gasteiger partial charge in [-0.05, 0) is 75.6 Å². The Morgan fingerprint density at radius 1 is 0.955 bits per heavy atom. The minimum Gasteiger partial charge on any atom is -0.444 e. The lowest BCUT2D eigenvalue weighted by atomic mass is 10.0. The Labute approximate surface area is 258 Å². The zero-order valence-corrected chi connectivity index (χ0v) is 25.8. The van der Waals surface area contributed by atoms with Crippen molar-refractivity contribution in [2.45, 2.75) is 51.8 Å². The van der Waals surface area contributed by atoms with Gasteiger partial charge in [-0.3, -0.25) is 9.47 Å². The lowest BCUT2D eigenvalue weighted by molar-refractivity contribution is 0.0149. The van der Waals surface area contributed by atoms with E-state index in [9.17, 15) is 4.79 Å². The number of amides is 1. The van der Waals surface area contributed by atoms with Crippen LogP contribution >= 0.6 is 0 Å². The molecule has 0 bridgehead atoms. The first kappa shape index (κ1) is 29.3. The summed E-state index contributed by atoms with van der Waals surface area (Å²) in [6, 6.07) is 26.7. The summed E-state index contributed by atoms with van der Waals surface area (Å²) in [5.74, 6) is 1.12. The van der Waals surface area contributed by atoms with Crippen LogP contribution in [0.4, 0.5) is 10.6 Å². The van der Waals surface area contributed by atoms with Crippen molar-refractivity contribution >= 4 is 23.1 Å². The van der Waals surface area contributed by atoms with Gasteiger partial charge in [-0.2, -0.15) is 0 Å². The fraction of sp³-hybridized carbons (Fsp3) is 0.314. The molecule has 1 saturated heterocycles. The number of benzene rings is 2. The van der Waals surface area contributed by atoms with Crippen molar-refractivity contribution in [2.24, 2.45) is 0 Å². The molecule has 0 aliphatic carbocycles. The van der Waals surface area contributed by atoms with Gasteiger partial charge < -0.3 is 15.4 Å². The minimum atomic E-state index is -0.493. The topological polar surface area (TPSA) is 102 Å². The van der Waals surface area contributed by atoms with Crippen molar-refractivity contribution in [2.75, 3.05) is 25.9 Å². The summed E-state index contributed by atoms with van der Waals surface area (Å²) in [7, 11) is 1.85. The predicted octanol–water partition coefficient (Wildman–Crippen LogP) is 6.56. The molecule has 1 fully saturated rings. The summed E-state index contributed by atoms with van der Waals surface area (Å²) in [5.41, 5.74) is 12.2. The first-order chi connectivity index (χ1) is 21.2. The number of piperidine rings is 1. The third-order valence-corrected chi connectivity index (χ3v) is 8.04. The first-order valence-electron chi connectivity index (χ1n) is 15.1. The molecule has 0 saturated carbocycles. The predicted molar refractivity (Wildman–Crippen MR) is 174 cm³/mol. The number of ether oxygens (including phenoxy) is 1. The molecule has 0 unspecified atom stereocenters. The number of nitrogen functional groups attached to an aromatic ring is 1. The SMILES string of the molecule is CN(C(=O)OC(C)(C)C)C1CCN(Cc2ccc(-n3c(-c4cccnc4N)nc4ccc(-c5ccccc5)nc43)cc2)CC1. The molecule has 1 aliphatic rings. The molecule has 5 aromatic rings. The van der Waals surface area contributed by atoms with Crippen LogP contribution < -0.4 is 5.73 Å². The molecule has 0 radical (unpaired) electrons. The molecule has 2 N–H and O–H groups in total. The Bertz CT molecular complexity index is 1750. The summed E-state index contributed by atoms with van der Waals surface area (Å²) >= 11 is 0. The zero-order chi connectivity index (χ0) is 30.8. The van der Waals surface area contributed by atoms with Crippen LogP contribution in [0, 0.1) is 0 Å². The van der Waals surface area contributed by atoms with E-state index < -0.39 is 5.60 Å². The fourth-order valence-corrected chi connectivity index (χ4v) is 5.72. The van der Waals surface area contributed by atoms with Gasteiger partial charge in [0.05, 0.1) is 11.3 Å². The number of rotatable bonds is 6. The molecule has 44 heavy (non-hydrogen) atoms. The summed E-state index contributed by atoms with van der Waals surface area (Å²) in [5, 5.41) is 0. The van der Waals surface area contributed by atoms with E-state index in [-0.39, 0.29) is 12.1 Å². The summed E-state index contributed by atoms with van der Waals surface area (Å²) < 4.78 is 7.63. The number of carbonyl (C=O) groups excluding carboxylic acids is 1. The number of hydrogen-bond acceptors (Lipinski definition) is 7. The lowest BCUT2D eigenvalue weighted by Crippen LogP contribution is -2.46. The second-order valence-electron chi connectivity index (χ2n) is 12.4. The third kappa shape index (κ3) is 6.28. The Morgan fingerprint density at radius 2 is 1.68 bits per heavy atom. The molecule has 1 amide bonds. The van der Waals surface area contributed by atoms with E-state index in [1.807, 2.05) is 70.3 Å². The number of nitrogens with two attached hydrogens (primary N) is 1. The monoisotopic (exact) mass is 589 g/mol. The molecule has 1 aliphatic heterocycles. The smallest absolute Gasteiger partial charge is 0.410 e. The molecule has 9 nitrogen and oxygen atoms in total. The molecule has 2 aromatic carbocycles. The van der Waals surface area contributed by atoms with Gasteiger partial charge in [-0.15, -0.1) is 0 Å². The van der Waals surface area contributed by atoms with Gasteiger partial charge in [0.2, 0.25) is 0 Å². The van der Waals surface area contributed by atoms with Gasteiger partial charge in [-0.1, -0.05) is 42.5 Å². The van der Waals surface area contributed by atoms with E-state index in [1.165, 1.54) is 5.56 Å². The van der Waals surface area contributed by atoms with Gasteiger partial charge in [0, 0.05) is 50.2 Å². The van der Waals surface area contributed by atoms with Crippen molar-refractivity contribution in [1.82, 2.24) is 29.3 Å². The first-order valence-corrected chi connectivity index (χ1v) is 15.1. The number of anilines is 1. The number of imidazole rings is 1. The highest BCUT2D eigenvalue weighted by Crippen LogP contribution is 2.32. The molecule has 226 valence electrons. The number of hydrogen-bond donors (Lipinski definition) is 1. The Morgan fingerprint density at radius 3 is 2.36 bits per heavy atom. The van der Waals surface area contributed by atoms with Crippen LogP contribution in [0.2, 0.25) is 0 Å². The van der Waals surface area contributed by atoms with Crippen molar-refractivity contribution in [1.29, 1.82) is 0 Å². The van der Waals surface area contributed by atoms with Gasteiger partial charge in [0.15, 0.2) is 11.5 Å². The lowest BCUT2D eigenvalue weighted by Gasteiger charge is -2.37. The maximum atomic E-state index is 12.5. The average Bonchev–Trinajstić information content (AvgIpc) is 3.40. The fourth-order valence-electron chi connectivity index (χ4n) is 5.72. The molecule has 4 heterocycles. The molecule has 0 atom stereocenters. The van der Waals surface area contributed by atoms with Gasteiger partial charge in [-0.25, -0.2) is 19.7 Å². The highest BCUT2D eigenvalue weighted by molar-refractivity contribution is 5.84. The summed E-state index contributed by atoms with van der Waals surface area (Å²) in [6.45, 7) is 8.37. The average molecular weight is 590 g/mol. The number of carbonyl (C=O) groups is 1. The maximum Gasteiger partial charge on any atom is 0.410 e. The largest absolute Gasteiger partial charge is 0.444 e. The summed E-state index contributed by atoms with van der Waals surface area (Å²) in [4.78, 5) is 31.1. The number of aromatic nitrogens is 4. The van der Waals surface area contributed by atoms with E-state index >= 15 is 0 Å². The second kappa shape index (κ2) is 12.1. The van der Waals surface area contributed by atoms with Crippen LogP contribution in [0.3, 0.4) is 0 Å². The van der Waals surface area contributed by atoms with E-state index in [1.54, 1.807) is 11.1 Å². The van der Waals surface area contributed by atoms with Crippen molar-refractivity contribution in [3.05, 3.63) is 90.6 Å². The summed E-state index contributed by atoms with van der Waals surface area (Å²) in [6.07, 6.45) is 3.27. The van der Waals surface area contributed by atoms with Gasteiger partial charge in [0.1, 0.15) is 16.9 Å². The van der Waals surface area contributed by atoms with Crippen LogP contribution in [0.5, 0.6) is 0 Å². The molecular formula is C35H39N7O2. The van der Waals surface area contributed by atoms with Crippen molar-refractivity contribution in [3.63, 3.8) is 0 Å². The Hall–Kier alpha value is -4.76. The maximum absolute atomic E-state index is 12.5. The van der Waals surface area contributed by atoms with E-state index in [0.717, 1.165) is 66.1 Å². The highest BCUT2D eigenvalue weighted by Gasteiger charge is 2.28. The molecular weight excluding hydrogens is 550 g/mol. The normalized spacial score (nSPS) is 14.5. The zero-order valence-electron chi connectivity index (χ0n) is 25.8. The van der Waals surface area contributed by atoms with Gasteiger partial charge >= 0.3 is 6.09 Å².